The summed E-state index contributed by atoms with van der Waals surface area (Å²) in [5, 5.41) is 3.53. The highest BCUT2D eigenvalue weighted by Gasteiger charge is 2.43. The first-order chi connectivity index (χ1) is 18.0. The van der Waals surface area contributed by atoms with E-state index in [4.69, 9.17) is 21.1 Å². The molecule has 37 heavy (non-hydrogen) atoms. The summed E-state index contributed by atoms with van der Waals surface area (Å²) < 4.78 is 12.2. The fourth-order valence-corrected chi connectivity index (χ4v) is 5.75. The molecule has 198 valence electrons. The molecule has 4 atom stereocenters. The van der Waals surface area contributed by atoms with Gasteiger partial charge in [-0.15, -0.1) is 0 Å². The number of fused-ring (bicyclic) bond motifs is 1. The lowest BCUT2D eigenvalue weighted by molar-refractivity contribution is -0.142. The molecule has 3 unspecified atom stereocenters. The number of carbonyl (C=O) groups is 2. The summed E-state index contributed by atoms with van der Waals surface area (Å²) in [6, 6.07) is 9.38. The zero-order valence-electron chi connectivity index (χ0n) is 21.3. The number of benzene rings is 1. The van der Waals surface area contributed by atoms with Crippen LogP contribution in [0.3, 0.4) is 0 Å². The van der Waals surface area contributed by atoms with Gasteiger partial charge in [0, 0.05) is 37.4 Å². The van der Waals surface area contributed by atoms with Gasteiger partial charge in [0.1, 0.15) is 17.4 Å². The van der Waals surface area contributed by atoms with E-state index >= 15 is 0 Å². The topological polar surface area (TPSA) is 84.0 Å². The number of hydrogen-bond donors (Lipinski definition) is 1. The first kappa shape index (κ1) is 25.9. The molecule has 8 nitrogen and oxygen atoms in total. The van der Waals surface area contributed by atoms with Crippen LogP contribution in [0.2, 0.25) is 5.02 Å². The SMILES string of the molecule is CN1CCN(C(=O)[C@@H](COC2CC3CCCCC32)NC(=O)c2cccnc2Oc2ccc(Cl)cc2)CC1. The van der Waals surface area contributed by atoms with Gasteiger partial charge in [-0.25, -0.2) is 4.98 Å². The second-order valence-electron chi connectivity index (χ2n) is 10.4. The first-order valence-corrected chi connectivity index (χ1v) is 13.6. The number of piperazine rings is 1. The van der Waals surface area contributed by atoms with Gasteiger partial charge >= 0.3 is 0 Å². The average molecular weight is 527 g/mol. The lowest BCUT2D eigenvalue weighted by Gasteiger charge is -2.47. The van der Waals surface area contributed by atoms with E-state index in [1.54, 1.807) is 42.6 Å². The van der Waals surface area contributed by atoms with E-state index in [0.717, 1.165) is 25.4 Å². The number of nitrogens with zero attached hydrogens (tertiary/aromatic N) is 3. The number of rotatable bonds is 8. The van der Waals surface area contributed by atoms with Crippen molar-refractivity contribution < 1.29 is 19.1 Å². The number of aromatic nitrogens is 1. The molecular weight excluding hydrogens is 492 g/mol. The molecule has 1 saturated heterocycles. The predicted octanol–water partition coefficient (Wildman–Crippen LogP) is 4.00. The molecule has 2 saturated carbocycles. The fraction of sp³-hybridized carbons (Fsp3) is 0.536. The van der Waals surface area contributed by atoms with Crippen LogP contribution < -0.4 is 10.1 Å². The molecule has 1 N–H and O–H groups in total. The molecule has 3 aliphatic rings. The second-order valence-corrected chi connectivity index (χ2v) is 10.8. The van der Waals surface area contributed by atoms with Crippen LogP contribution in [-0.2, 0) is 9.53 Å². The Morgan fingerprint density at radius 1 is 1.11 bits per heavy atom. The number of pyridine rings is 1. The Balaban J connectivity index is 1.28. The van der Waals surface area contributed by atoms with Crippen molar-refractivity contribution in [3.63, 3.8) is 0 Å². The van der Waals surface area contributed by atoms with Gasteiger partial charge in [0.2, 0.25) is 11.8 Å². The zero-order valence-corrected chi connectivity index (χ0v) is 22.0. The van der Waals surface area contributed by atoms with E-state index in [-0.39, 0.29) is 30.1 Å². The van der Waals surface area contributed by atoms with Crippen molar-refractivity contribution in [1.82, 2.24) is 20.1 Å². The maximum atomic E-state index is 13.5. The normalized spacial score (nSPS) is 24.5. The molecule has 1 aromatic heterocycles. The second kappa shape index (κ2) is 11.8. The van der Waals surface area contributed by atoms with Crippen LogP contribution >= 0.6 is 11.6 Å². The summed E-state index contributed by atoms with van der Waals surface area (Å²) >= 11 is 5.97. The maximum Gasteiger partial charge on any atom is 0.257 e. The Kier molecular flexibility index (Phi) is 8.27. The predicted molar refractivity (Wildman–Crippen MR) is 141 cm³/mol. The molecule has 0 radical (unpaired) electrons. The molecule has 0 bridgehead atoms. The minimum Gasteiger partial charge on any atom is -0.438 e. The first-order valence-electron chi connectivity index (χ1n) is 13.3. The highest BCUT2D eigenvalue weighted by Crippen LogP contribution is 2.46. The van der Waals surface area contributed by atoms with Crippen LogP contribution in [-0.4, -0.2) is 78.6 Å². The smallest absolute Gasteiger partial charge is 0.257 e. The van der Waals surface area contributed by atoms with E-state index in [1.807, 2.05) is 11.9 Å². The summed E-state index contributed by atoms with van der Waals surface area (Å²) in [6.45, 7) is 3.04. The Hall–Kier alpha value is -2.68. The van der Waals surface area contributed by atoms with Crippen LogP contribution in [0.4, 0.5) is 0 Å². The molecule has 9 heteroatoms. The number of hydrogen-bond acceptors (Lipinski definition) is 6. The summed E-state index contributed by atoms with van der Waals surface area (Å²) in [5.74, 6) is 1.49. The van der Waals surface area contributed by atoms with Crippen LogP contribution in [0.1, 0.15) is 42.5 Å². The van der Waals surface area contributed by atoms with E-state index in [1.165, 1.54) is 25.7 Å². The summed E-state index contributed by atoms with van der Waals surface area (Å²) in [7, 11) is 2.05. The van der Waals surface area contributed by atoms with E-state index in [0.29, 0.717) is 29.8 Å². The summed E-state index contributed by atoms with van der Waals surface area (Å²) in [5.41, 5.74) is 0.254. The Labute approximate surface area is 223 Å². The van der Waals surface area contributed by atoms with Crippen molar-refractivity contribution in [2.75, 3.05) is 39.8 Å². The van der Waals surface area contributed by atoms with Crippen molar-refractivity contribution in [3.8, 4) is 11.6 Å². The molecule has 3 fully saturated rings. The molecule has 0 spiro atoms. The number of ether oxygens (including phenoxy) is 2. The number of likely N-dealkylation sites (N-methyl/N-ethyl adjacent to an activating group) is 1. The molecule has 2 heterocycles. The minimum absolute atomic E-state index is 0.106. The van der Waals surface area contributed by atoms with E-state index < -0.39 is 11.9 Å². The molecule has 1 aromatic carbocycles. The zero-order chi connectivity index (χ0) is 25.8. The third-order valence-electron chi connectivity index (χ3n) is 7.92. The van der Waals surface area contributed by atoms with Crippen LogP contribution in [0, 0.1) is 11.8 Å². The van der Waals surface area contributed by atoms with Gasteiger partial charge in [0.25, 0.3) is 5.91 Å². The third kappa shape index (κ3) is 6.25. The van der Waals surface area contributed by atoms with Gasteiger partial charge in [-0.05, 0) is 74.5 Å². The van der Waals surface area contributed by atoms with Crippen molar-refractivity contribution >= 4 is 23.4 Å². The van der Waals surface area contributed by atoms with Crippen LogP contribution in [0.5, 0.6) is 11.6 Å². The largest absolute Gasteiger partial charge is 0.438 e. The molecule has 2 aromatic rings. The number of carbonyl (C=O) groups excluding carboxylic acids is 2. The standard InChI is InChI=1S/C28H35ClN4O4/c1-32-13-15-33(16-14-32)28(35)24(18-36-25-17-19-5-2-3-6-22(19)25)31-26(34)23-7-4-12-30-27(23)37-21-10-8-20(29)9-11-21/h4,7-12,19,22,24-25H,2-3,5-6,13-18H2,1H3,(H,31,34)/t19?,22?,24-,25?/m1/s1. The molecule has 1 aliphatic heterocycles. The Bertz CT molecular complexity index is 1090. The van der Waals surface area contributed by atoms with Crippen LogP contribution in [0.15, 0.2) is 42.6 Å². The third-order valence-corrected chi connectivity index (χ3v) is 8.17. The van der Waals surface area contributed by atoms with Gasteiger partial charge in [0.05, 0.1) is 12.7 Å². The lowest BCUT2D eigenvalue weighted by atomic mass is 9.63. The monoisotopic (exact) mass is 526 g/mol. The minimum atomic E-state index is -0.776. The molecule has 2 amide bonds. The molecule has 2 aliphatic carbocycles. The van der Waals surface area contributed by atoms with E-state index in [2.05, 4.69) is 15.2 Å². The average Bonchev–Trinajstić information content (AvgIpc) is 2.90. The van der Waals surface area contributed by atoms with Crippen molar-refractivity contribution in [2.24, 2.45) is 11.8 Å². The van der Waals surface area contributed by atoms with E-state index in [9.17, 15) is 9.59 Å². The van der Waals surface area contributed by atoms with Crippen molar-refractivity contribution in [1.29, 1.82) is 0 Å². The summed E-state index contributed by atoms with van der Waals surface area (Å²) in [4.78, 5) is 35.2. The number of amides is 2. The maximum absolute atomic E-state index is 13.5. The summed E-state index contributed by atoms with van der Waals surface area (Å²) in [6.07, 6.45) is 7.82. The van der Waals surface area contributed by atoms with Crippen molar-refractivity contribution in [2.45, 2.75) is 44.2 Å². The highest BCUT2D eigenvalue weighted by molar-refractivity contribution is 6.30. The Morgan fingerprint density at radius 3 is 2.62 bits per heavy atom. The number of halogens is 1. The number of nitrogens with one attached hydrogen (secondary N) is 1. The van der Waals surface area contributed by atoms with Gasteiger partial charge in [-0.2, -0.15) is 0 Å². The van der Waals surface area contributed by atoms with Gasteiger partial charge < -0.3 is 24.6 Å². The van der Waals surface area contributed by atoms with Crippen molar-refractivity contribution in [3.05, 3.63) is 53.2 Å². The fourth-order valence-electron chi connectivity index (χ4n) is 5.62. The quantitative estimate of drug-likeness (QED) is 0.560. The van der Waals surface area contributed by atoms with Crippen LogP contribution in [0.25, 0.3) is 0 Å². The Morgan fingerprint density at radius 2 is 1.86 bits per heavy atom. The highest BCUT2D eigenvalue weighted by atomic mass is 35.5. The van der Waals surface area contributed by atoms with Gasteiger partial charge in [0.15, 0.2) is 0 Å². The molecule has 5 rings (SSSR count). The van der Waals surface area contributed by atoms with Gasteiger partial charge in [-0.1, -0.05) is 24.4 Å². The van der Waals surface area contributed by atoms with Gasteiger partial charge in [-0.3, -0.25) is 9.59 Å². The lowest BCUT2D eigenvalue weighted by Crippen LogP contribution is -2.56. The molecular formula is C28H35ClN4O4.